The number of pyridine rings is 1. The van der Waals surface area contributed by atoms with Gasteiger partial charge in [0.1, 0.15) is 5.75 Å². The molecule has 0 bridgehead atoms. The second-order valence-corrected chi connectivity index (χ2v) is 4.58. The quantitative estimate of drug-likeness (QED) is 0.739. The average Bonchev–Trinajstić information content (AvgIpc) is 2.54. The van der Waals surface area contributed by atoms with Gasteiger partial charge in [0.15, 0.2) is 0 Å². The Kier molecular flexibility index (Phi) is 3.39. The molecule has 2 aromatic heterocycles. The van der Waals surface area contributed by atoms with Gasteiger partial charge in [0.2, 0.25) is 5.89 Å². The first-order valence-electron chi connectivity index (χ1n) is 6.65. The summed E-state index contributed by atoms with van der Waals surface area (Å²) in [6.07, 6.45) is 3.96. The number of benzene rings is 1. The fourth-order valence-corrected chi connectivity index (χ4v) is 2.26. The van der Waals surface area contributed by atoms with Crippen molar-refractivity contribution in [3.63, 3.8) is 0 Å². The van der Waals surface area contributed by atoms with Crippen LogP contribution in [-0.4, -0.2) is 17.1 Å². The molecule has 0 aliphatic carbocycles. The predicted octanol–water partition coefficient (Wildman–Crippen LogP) is 2.82. The highest BCUT2D eigenvalue weighted by Crippen LogP contribution is 2.24. The summed E-state index contributed by atoms with van der Waals surface area (Å²) in [5.74, 6) is 0.936. The van der Waals surface area contributed by atoms with Gasteiger partial charge >= 0.3 is 5.63 Å². The van der Waals surface area contributed by atoms with E-state index in [1.54, 1.807) is 37.7 Å². The minimum Gasteiger partial charge on any atom is -0.497 e. The highest BCUT2D eigenvalue weighted by atomic mass is 16.5. The van der Waals surface area contributed by atoms with Gasteiger partial charge < -0.3 is 9.15 Å². The fraction of sp³-hybridized carbons (Fsp3) is 0.188. The summed E-state index contributed by atoms with van der Waals surface area (Å²) in [6, 6.07) is 7.14. The SMILES string of the molecule is CCc1cc(OC)cc2nc(-c3cccnc3)oc(=O)c12. The summed E-state index contributed by atoms with van der Waals surface area (Å²) in [5, 5.41) is 0.506. The minimum absolute atomic E-state index is 0.260. The zero-order chi connectivity index (χ0) is 14.8. The molecule has 106 valence electrons. The van der Waals surface area contributed by atoms with E-state index in [-0.39, 0.29) is 5.89 Å². The van der Waals surface area contributed by atoms with Crippen molar-refractivity contribution in [1.29, 1.82) is 0 Å². The lowest BCUT2D eigenvalue weighted by Crippen LogP contribution is -2.06. The summed E-state index contributed by atoms with van der Waals surface area (Å²) < 4.78 is 10.6. The maximum absolute atomic E-state index is 12.3. The Labute approximate surface area is 121 Å². The zero-order valence-electron chi connectivity index (χ0n) is 11.8. The molecule has 3 aromatic rings. The summed E-state index contributed by atoms with van der Waals surface area (Å²) in [4.78, 5) is 20.7. The molecule has 21 heavy (non-hydrogen) atoms. The standard InChI is InChI=1S/C16H14N2O3/c1-3-10-7-12(20-2)8-13-14(10)16(19)21-15(18-13)11-5-4-6-17-9-11/h4-9H,3H2,1-2H3. The molecule has 5 heteroatoms. The Balaban J connectivity index is 2.31. The predicted molar refractivity (Wildman–Crippen MR) is 79.4 cm³/mol. The topological polar surface area (TPSA) is 65.2 Å². The third-order valence-corrected chi connectivity index (χ3v) is 3.31. The normalized spacial score (nSPS) is 10.8. The molecule has 0 unspecified atom stereocenters. The van der Waals surface area contributed by atoms with Crippen molar-refractivity contribution in [3.8, 4) is 17.2 Å². The molecule has 0 saturated heterocycles. The molecule has 0 spiro atoms. The Morgan fingerprint density at radius 2 is 2.19 bits per heavy atom. The molecule has 0 amide bonds. The molecular weight excluding hydrogens is 268 g/mol. The summed E-state index contributed by atoms with van der Waals surface area (Å²) >= 11 is 0. The molecule has 0 atom stereocenters. The van der Waals surface area contributed by atoms with Crippen LogP contribution in [-0.2, 0) is 6.42 Å². The van der Waals surface area contributed by atoms with Crippen LogP contribution in [0, 0.1) is 0 Å². The lowest BCUT2D eigenvalue weighted by molar-refractivity contribution is 0.414. The molecule has 5 nitrogen and oxygen atoms in total. The van der Waals surface area contributed by atoms with Gasteiger partial charge in [-0.2, -0.15) is 0 Å². The third-order valence-electron chi connectivity index (χ3n) is 3.31. The second kappa shape index (κ2) is 5.36. The van der Waals surface area contributed by atoms with E-state index in [0.717, 1.165) is 5.56 Å². The summed E-state index contributed by atoms with van der Waals surface area (Å²) in [7, 11) is 1.59. The van der Waals surface area contributed by atoms with Crippen LogP contribution in [0.1, 0.15) is 12.5 Å². The van der Waals surface area contributed by atoms with E-state index in [9.17, 15) is 4.79 Å². The molecule has 0 saturated carbocycles. The van der Waals surface area contributed by atoms with Crippen LogP contribution in [0.2, 0.25) is 0 Å². The largest absolute Gasteiger partial charge is 0.497 e. The molecule has 2 heterocycles. The smallest absolute Gasteiger partial charge is 0.347 e. The Morgan fingerprint density at radius 3 is 2.86 bits per heavy atom. The van der Waals surface area contributed by atoms with Crippen molar-refractivity contribution in [2.45, 2.75) is 13.3 Å². The van der Waals surface area contributed by atoms with Crippen LogP contribution < -0.4 is 10.4 Å². The van der Waals surface area contributed by atoms with E-state index in [1.165, 1.54) is 0 Å². The highest BCUT2D eigenvalue weighted by Gasteiger charge is 2.13. The van der Waals surface area contributed by atoms with Crippen LogP contribution >= 0.6 is 0 Å². The van der Waals surface area contributed by atoms with Crippen LogP contribution in [0.5, 0.6) is 5.75 Å². The summed E-state index contributed by atoms with van der Waals surface area (Å²) in [6.45, 7) is 1.97. The van der Waals surface area contributed by atoms with Gasteiger partial charge in [-0.15, -0.1) is 0 Å². The number of nitrogens with zero attached hydrogens (tertiary/aromatic N) is 2. The van der Waals surface area contributed by atoms with Gasteiger partial charge in [0, 0.05) is 18.5 Å². The maximum Gasteiger partial charge on any atom is 0.347 e. The lowest BCUT2D eigenvalue weighted by Gasteiger charge is -2.07. The van der Waals surface area contributed by atoms with E-state index < -0.39 is 5.63 Å². The molecule has 0 aliphatic heterocycles. The first-order valence-corrected chi connectivity index (χ1v) is 6.65. The average molecular weight is 282 g/mol. The molecule has 0 radical (unpaired) electrons. The van der Waals surface area contributed by atoms with Crippen molar-refractivity contribution in [1.82, 2.24) is 9.97 Å². The second-order valence-electron chi connectivity index (χ2n) is 4.58. The van der Waals surface area contributed by atoms with E-state index in [2.05, 4.69) is 9.97 Å². The Morgan fingerprint density at radius 1 is 1.33 bits per heavy atom. The molecule has 1 aromatic carbocycles. The number of aryl methyl sites for hydroxylation is 1. The minimum atomic E-state index is -0.390. The van der Waals surface area contributed by atoms with Crippen molar-refractivity contribution in [3.05, 3.63) is 52.6 Å². The van der Waals surface area contributed by atoms with Gasteiger partial charge in [-0.25, -0.2) is 9.78 Å². The van der Waals surface area contributed by atoms with Crippen molar-refractivity contribution >= 4 is 10.9 Å². The number of methoxy groups -OCH3 is 1. The molecule has 0 N–H and O–H groups in total. The number of aromatic nitrogens is 2. The van der Waals surface area contributed by atoms with Gasteiger partial charge in [0.05, 0.1) is 23.6 Å². The monoisotopic (exact) mass is 282 g/mol. The first kappa shape index (κ1) is 13.3. The van der Waals surface area contributed by atoms with Gasteiger partial charge in [0.25, 0.3) is 0 Å². The Hall–Kier alpha value is -2.69. The van der Waals surface area contributed by atoms with Crippen molar-refractivity contribution in [2.24, 2.45) is 0 Å². The Bertz CT molecular complexity index is 841. The number of rotatable bonds is 3. The number of hydrogen-bond acceptors (Lipinski definition) is 5. The van der Waals surface area contributed by atoms with E-state index in [0.29, 0.717) is 28.6 Å². The van der Waals surface area contributed by atoms with Gasteiger partial charge in [-0.3, -0.25) is 4.98 Å². The van der Waals surface area contributed by atoms with Gasteiger partial charge in [-0.05, 0) is 30.2 Å². The third kappa shape index (κ3) is 2.38. The van der Waals surface area contributed by atoms with Crippen molar-refractivity contribution < 1.29 is 9.15 Å². The van der Waals surface area contributed by atoms with E-state index >= 15 is 0 Å². The maximum atomic E-state index is 12.3. The zero-order valence-corrected chi connectivity index (χ0v) is 11.8. The molecule has 3 rings (SSSR count). The number of hydrogen-bond donors (Lipinski definition) is 0. The number of ether oxygens (including phenoxy) is 1. The molecule has 0 aliphatic rings. The van der Waals surface area contributed by atoms with Crippen LogP contribution in [0.15, 0.2) is 45.9 Å². The molecular formula is C16H14N2O3. The van der Waals surface area contributed by atoms with Crippen LogP contribution in [0.3, 0.4) is 0 Å². The van der Waals surface area contributed by atoms with E-state index in [4.69, 9.17) is 9.15 Å². The summed E-state index contributed by atoms with van der Waals surface area (Å²) in [5.41, 5.74) is 1.71. The number of fused-ring (bicyclic) bond motifs is 1. The molecule has 0 fully saturated rings. The van der Waals surface area contributed by atoms with Gasteiger partial charge in [-0.1, -0.05) is 6.92 Å². The van der Waals surface area contributed by atoms with Crippen LogP contribution in [0.4, 0.5) is 0 Å². The van der Waals surface area contributed by atoms with Crippen molar-refractivity contribution in [2.75, 3.05) is 7.11 Å². The highest BCUT2D eigenvalue weighted by molar-refractivity contribution is 5.83. The first-order chi connectivity index (χ1) is 10.2. The fourth-order valence-electron chi connectivity index (χ4n) is 2.26. The lowest BCUT2D eigenvalue weighted by atomic mass is 10.1. The van der Waals surface area contributed by atoms with Crippen LogP contribution in [0.25, 0.3) is 22.4 Å². The van der Waals surface area contributed by atoms with E-state index in [1.807, 2.05) is 13.0 Å².